The van der Waals surface area contributed by atoms with Crippen LogP contribution in [-0.2, 0) is 4.79 Å². The van der Waals surface area contributed by atoms with Gasteiger partial charge in [0.05, 0.1) is 6.04 Å². The Morgan fingerprint density at radius 1 is 1.22 bits per heavy atom. The number of hydrogen-bond acceptors (Lipinski definition) is 3. The summed E-state index contributed by atoms with van der Waals surface area (Å²) < 4.78 is 12.0. The third-order valence-corrected chi connectivity index (χ3v) is 5.17. The maximum atomic E-state index is 12.8. The van der Waals surface area contributed by atoms with Gasteiger partial charge in [0.1, 0.15) is 17.1 Å². The van der Waals surface area contributed by atoms with Crippen molar-refractivity contribution in [1.29, 1.82) is 0 Å². The van der Waals surface area contributed by atoms with E-state index in [1.807, 2.05) is 65.0 Å². The molecule has 0 bridgehead atoms. The lowest BCUT2D eigenvalue weighted by molar-refractivity contribution is -0.128. The van der Waals surface area contributed by atoms with Crippen molar-refractivity contribution in [3.05, 3.63) is 58.7 Å². The number of carbonyl (C=O) groups excluding carboxylic acids is 1. The molecular weight excluding hydrogens is 338 g/mol. The van der Waals surface area contributed by atoms with Crippen molar-refractivity contribution >= 4 is 5.91 Å². The lowest BCUT2D eigenvalue weighted by atomic mass is 9.89. The molecule has 0 aromatic heterocycles. The summed E-state index contributed by atoms with van der Waals surface area (Å²) in [5.41, 5.74) is 4.05. The van der Waals surface area contributed by atoms with Crippen LogP contribution in [0.15, 0.2) is 36.4 Å². The minimum absolute atomic E-state index is 0.0965. The van der Waals surface area contributed by atoms with Gasteiger partial charge in [-0.2, -0.15) is 0 Å². The predicted octanol–water partition coefficient (Wildman–Crippen LogP) is 4.80. The highest BCUT2D eigenvalue weighted by atomic mass is 16.5. The maximum Gasteiger partial charge on any atom is 0.261 e. The molecule has 1 heterocycles. The molecule has 1 aliphatic rings. The van der Waals surface area contributed by atoms with Crippen molar-refractivity contribution in [3.63, 3.8) is 0 Å². The average Bonchev–Trinajstić information content (AvgIpc) is 2.59. The molecule has 27 heavy (non-hydrogen) atoms. The SMILES string of the molecule is Cc1ccc2c(c1)[C@@H](NC(=O)[C@H](C)Oc1cccc(C)c1C)CC(C)(C)O2. The van der Waals surface area contributed by atoms with E-state index in [9.17, 15) is 4.79 Å². The number of fused-ring (bicyclic) bond motifs is 1. The zero-order valence-electron chi connectivity index (χ0n) is 17.1. The van der Waals surface area contributed by atoms with Crippen LogP contribution in [0.4, 0.5) is 0 Å². The van der Waals surface area contributed by atoms with Crippen LogP contribution in [0.2, 0.25) is 0 Å². The minimum Gasteiger partial charge on any atom is -0.487 e. The molecule has 0 aliphatic carbocycles. The van der Waals surface area contributed by atoms with Crippen LogP contribution in [0.1, 0.15) is 55.5 Å². The molecule has 0 saturated carbocycles. The van der Waals surface area contributed by atoms with Gasteiger partial charge in [-0.25, -0.2) is 0 Å². The van der Waals surface area contributed by atoms with E-state index in [2.05, 4.69) is 11.4 Å². The molecule has 0 radical (unpaired) electrons. The van der Waals surface area contributed by atoms with Crippen molar-refractivity contribution < 1.29 is 14.3 Å². The highest BCUT2D eigenvalue weighted by Crippen LogP contribution is 2.40. The number of nitrogens with one attached hydrogen (secondary N) is 1. The highest BCUT2D eigenvalue weighted by Gasteiger charge is 2.35. The number of ether oxygens (including phenoxy) is 2. The summed E-state index contributed by atoms with van der Waals surface area (Å²) in [5, 5.41) is 3.17. The molecular formula is C23H29NO3. The second kappa shape index (κ2) is 7.26. The number of benzene rings is 2. The van der Waals surface area contributed by atoms with Gasteiger partial charge in [0.2, 0.25) is 0 Å². The molecule has 4 nitrogen and oxygen atoms in total. The summed E-state index contributed by atoms with van der Waals surface area (Å²) in [6.45, 7) is 12.0. The van der Waals surface area contributed by atoms with Crippen molar-refractivity contribution in [1.82, 2.24) is 5.32 Å². The Morgan fingerprint density at radius 3 is 2.70 bits per heavy atom. The molecule has 1 aliphatic heterocycles. The van der Waals surface area contributed by atoms with E-state index < -0.39 is 6.10 Å². The fourth-order valence-corrected chi connectivity index (χ4v) is 3.49. The summed E-state index contributed by atoms with van der Waals surface area (Å²) in [4.78, 5) is 12.8. The first-order valence-electron chi connectivity index (χ1n) is 9.49. The van der Waals surface area contributed by atoms with E-state index in [0.29, 0.717) is 6.42 Å². The molecule has 1 amide bonds. The lowest BCUT2D eigenvalue weighted by Gasteiger charge is -2.38. The Kier molecular flexibility index (Phi) is 5.18. The van der Waals surface area contributed by atoms with E-state index in [1.54, 1.807) is 6.92 Å². The molecule has 2 aromatic rings. The first kappa shape index (κ1) is 19.3. The fourth-order valence-electron chi connectivity index (χ4n) is 3.49. The Hall–Kier alpha value is -2.49. The van der Waals surface area contributed by atoms with Gasteiger partial charge >= 0.3 is 0 Å². The van der Waals surface area contributed by atoms with Gasteiger partial charge in [0, 0.05) is 12.0 Å². The number of amides is 1. The standard InChI is InChI=1S/C23H29NO3/c1-14-10-11-21-18(12-14)19(13-23(5,6)27-21)24-22(25)17(4)26-20-9-7-8-15(2)16(20)3/h7-12,17,19H,13H2,1-6H3,(H,24,25)/t17-,19-/m0/s1. The van der Waals surface area contributed by atoms with Crippen LogP contribution < -0.4 is 14.8 Å². The quantitative estimate of drug-likeness (QED) is 0.844. The molecule has 0 fully saturated rings. The summed E-state index contributed by atoms with van der Waals surface area (Å²) in [7, 11) is 0. The van der Waals surface area contributed by atoms with Crippen LogP contribution in [0.25, 0.3) is 0 Å². The molecule has 2 atom stereocenters. The van der Waals surface area contributed by atoms with Crippen LogP contribution in [0.5, 0.6) is 11.5 Å². The zero-order chi connectivity index (χ0) is 19.8. The summed E-state index contributed by atoms with van der Waals surface area (Å²) in [6, 6.07) is 11.9. The molecule has 0 spiro atoms. The average molecular weight is 367 g/mol. The fraction of sp³-hybridized carbons (Fsp3) is 0.435. The molecule has 4 heteroatoms. The smallest absolute Gasteiger partial charge is 0.261 e. The van der Waals surface area contributed by atoms with E-state index in [-0.39, 0.29) is 17.6 Å². The molecule has 2 aromatic carbocycles. The normalized spacial score (nSPS) is 18.8. The Balaban J connectivity index is 1.77. The second-order valence-electron chi connectivity index (χ2n) is 8.13. The highest BCUT2D eigenvalue weighted by molar-refractivity contribution is 5.81. The largest absolute Gasteiger partial charge is 0.487 e. The molecule has 1 N–H and O–H groups in total. The van der Waals surface area contributed by atoms with Gasteiger partial charge in [0.25, 0.3) is 5.91 Å². The topological polar surface area (TPSA) is 47.6 Å². The zero-order valence-corrected chi connectivity index (χ0v) is 17.1. The third-order valence-electron chi connectivity index (χ3n) is 5.17. The van der Waals surface area contributed by atoms with Crippen molar-refractivity contribution in [3.8, 4) is 11.5 Å². The van der Waals surface area contributed by atoms with Crippen molar-refractivity contribution in [2.75, 3.05) is 0 Å². The maximum absolute atomic E-state index is 12.8. The van der Waals surface area contributed by atoms with E-state index >= 15 is 0 Å². The Labute approximate surface area is 161 Å². The third kappa shape index (κ3) is 4.26. The summed E-state index contributed by atoms with van der Waals surface area (Å²) in [5.74, 6) is 1.47. The number of carbonyl (C=O) groups is 1. The monoisotopic (exact) mass is 367 g/mol. The summed E-state index contributed by atoms with van der Waals surface area (Å²) >= 11 is 0. The van der Waals surface area contributed by atoms with Gasteiger partial charge in [-0.05, 0) is 64.8 Å². The first-order chi connectivity index (χ1) is 12.7. The number of hydrogen-bond donors (Lipinski definition) is 1. The Morgan fingerprint density at radius 2 is 1.96 bits per heavy atom. The predicted molar refractivity (Wildman–Crippen MR) is 107 cm³/mol. The van der Waals surface area contributed by atoms with E-state index in [1.165, 1.54) is 0 Å². The first-order valence-corrected chi connectivity index (χ1v) is 9.49. The minimum atomic E-state index is -0.579. The second-order valence-corrected chi connectivity index (χ2v) is 8.13. The molecule has 0 unspecified atom stereocenters. The molecule has 3 rings (SSSR count). The lowest BCUT2D eigenvalue weighted by Crippen LogP contribution is -2.44. The van der Waals surface area contributed by atoms with Crippen molar-refractivity contribution in [2.24, 2.45) is 0 Å². The molecule has 144 valence electrons. The van der Waals surface area contributed by atoms with Gasteiger partial charge in [-0.15, -0.1) is 0 Å². The van der Waals surface area contributed by atoms with Gasteiger partial charge in [-0.1, -0.05) is 29.8 Å². The van der Waals surface area contributed by atoms with Gasteiger partial charge < -0.3 is 14.8 Å². The van der Waals surface area contributed by atoms with Crippen LogP contribution in [-0.4, -0.2) is 17.6 Å². The number of rotatable bonds is 4. The Bertz CT molecular complexity index is 857. The molecule has 0 saturated heterocycles. The van der Waals surface area contributed by atoms with E-state index in [0.717, 1.165) is 33.8 Å². The van der Waals surface area contributed by atoms with Crippen LogP contribution in [0, 0.1) is 20.8 Å². The number of aryl methyl sites for hydroxylation is 2. The van der Waals surface area contributed by atoms with E-state index in [4.69, 9.17) is 9.47 Å². The van der Waals surface area contributed by atoms with Crippen LogP contribution in [0.3, 0.4) is 0 Å². The van der Waals surface area contributed by atoms with Gasteiger partial charge in [0.15, 0.2) is 6.10 Å². The van der Waals surface area contributed by atoms with Crippen molar-refractivity contribution in [2.45, 2.75) is 65.7 Å². The van der Waals surface area contributed by atoms with Crippen LogP contribution >= 0.6 is 0 Å². The summed E-state index contributed by atoms with van der Waals surface area (Å²) in [6.07, 6.45) is 0.135. The van der Waals surface area contributed by atoms with Gasteiger partial charge in [-0.3, -0.25) is 4.79 Å².